The number of hydrogen-bond acceptors (Lipinski definition) is 7. The molecule has 3 aromatic rings. The number of aliphatic carboxylic acids is 2. The lowest BCUT2D eigenvalue weighted by Gasteiger charge is -2.35. The van der Waals surface area contributed by atoms with Crippen LogP contribution in [0, 0.1) is 13.8 Å². The number of rotatable bonds is 5. The summed E-state index contributed by atoms with van der Waals surface area (Å²) in [7, 11) is 0. The van der Waals surface area contributed by atoms with E-state index in [1.165, 1.54) is 23.7 Å². The molecule has 0 atom stereocenters. The first kappa shape index (κ1) is 28.1. The average molecular weight is 497 g/mol. The van der Waals surface area contributed by atoms with Gasteiger partial charge in [-0.25, -0.2) is 14.6 Å². The van der Waals surface area contributed by atoms with Crippen LogP contribution in [0.15, 0.2) is 59.0 Å². The summed E-state index contributed by atoms with van der Waals surface area (Å²) < 4.78 is 5.85. The summed E-state index contributed by atoms with van der Waals surface area (Å²) in [5.41, 5.74) is 10.3. The highest BCUT2D eigenvalue weighted by Crippen LogP contribution is 2.21. The number of aryl methyl sites for hydroxylation is 2. The van der Waals surface area contributed by atoms with Gasteiger partial charge in [-0.15, -0.1) is 0 Å². The number of carbonyl (C=O) groups is 3. The number of nitrogens with two attached hydrogens (primary N) is 1. The lowest BCUT2D eigenvalue weighted by atomic mass is 10.1. The molecule has 0 aliphatic carbocycles. The molecule has 0 spiro atoms. The van der Waals surface area contributed by atoms with Crippen LogP contribution in [-0.4, -0.2) is 64.1 Å². The summed E-state index contributed by atoms with van der Waals surface area (Å²) in [5, 5.41) is 15.6. The van der Waals surface area contributed by atoms with E-state index >= 15 is 0 Å². The van der Waals surface area contributed by atoms with Crippen molar-refractivity contribution >= 4 is 34.6 Å². The minimum Gasteiger partial charge on any atom is -0.478 e. The normalized spacial score (nSPS) is 13.5. The first-order valence-electron chi connectivity index (χ1n) is 11.3. The van der Waals surface area contributed by atoms with E-state index in [9.17, 15) is 14.4 Å². The number of anilines is 1. The number of oxazole rings is 1. The van der Waals surface area contributed by atoms with E-state index in [4.69, 9.17) is 14.6 Å². The number of amides is 1. The number of aromatic nitrogens is 1. The zero-order chi connectivity index (χ0) is 26.7. The van der Waals surface area contributed by atoms with Crippen molar-refractivity contribution < 1.29 is 29.0 Å². The van der Waals surface area contributed by atoms with Gasteiger partial charge in [-0.2, -0.15) is 0 Å². The molecule has 0 unspecified atom stereocenters. The predicted octanol–water partition coefficient (Wildman–Crippen LogP) is 2.97. The van der Waals surface area contributed by atoms with Crippen molar-refractivity contribution in [1.82, 2.24) is 9.88 Å². The van der Waals surface area contributed by atoms with E-state index in [1.54, 1.807) is 0 Å². The summed E-state index contributed by atoms with van der Waals surface area (Å²) in [6.45, 7) is 10.6. The fourth-order valence-electron chi connectivity index (χ4n) is 3.62. The Bertz CT molecular complexity index is 1140. The van der Waals surface area contributed by atoms with Crippen molar-refractivity contribution in [2.75, 3.05) is 31.1 Å². The Morgan fingerprint density at radius 1 is 0.972 bits per heavy atom. The molecule has 1 aliphatic rings. The third-order valence-electron chi connectivity index (χ3n) is 5.01. The maximum Gasteiger partial charge on any atom is 0.328 e. The minimum atomic E-state index is -1.26. The largest absolute Gasteiger partial charge is 0.478 e. The number of piperazine rings is 1. The molecule has 192 valence electrons. The molecule has 10 heteroatoms. The number of nitrogens with zero attached hydrogens (tertiary/aromatic N) is 3. The van der Waals surface area contributed by atoms with Crippen LogP contribution in [0.3, 0.4) is 0 Å². The zero-order valence-electron chi connectivity index (χ0n) is 20.7. The number of hydrogen-bond donors (Lipinski definition) is 3. The van der Waals surface area contributed by atoms with Gasteiger partial charge in [0.2, 0.25) is 11.8 Å². The van der Waals surface area contributed by atoms with E-state index in [2.05, 4.69) is 52.6 Å². The Hall–Kier alpha value is -4.18. The monoisotopic (exact) mass is 496 g/mol. The number of primary amides is 1. The maximum absolute atomic E-state index is 9.55. The molecule has 0 bridgehead atoms. The van der Waals surface area contributed by atoms with Crippen LogP contribution in [0.4, 0.5) is 5.69 Å². The lowest BCUT2D eigenvalue weighted by molar-refractivity contribution is -0.134. The second kappa shape index (κ2) is 13.6. The molecular weight excluding hydrogens is 464 g/mol. The van der Waals surface area contributed by atoms with Crippen molar-refractivity contribution in [3.05, 3.63) is 71.6 Å². The molecule has 0 saturated carbocycles. The van der Waals surface area contributed by atoms with Gasteiger partial charge in [0.25, 0.3) is 0 Å². The minimum absolute atomic E-state index is 0.333. The molecule has 2 aromatic carbocycles. The second-order valence-electron chi connectivity index (χ2n) is 8.30. The third kappa shape index (κ3) is 9.98. The van der Waals surface area contributed by atoms with Gasteiger partial charge >= 0.3 is 11.9 Å². The third-order valence-corrected chi connectivity index (χ3v) is 5.01. The van der Waals surface area contributed by atoms with Crippen LogP contribution >= 0.6 is 0 Å². The maximum atomic E-state index is 9.55. The SMILES string of the molecule is CC(N)=O.Cc1cc(C)cc(N2CCN(Cc3nc4ccccc4o3)CC2)c1.O=C(O)/C=C\C(=O)O. The molecule has 1 aliphatic heterocycles. The van der Waals surface area contributed by atoms with Crippen molar-refractivity contribution in [1.29, 1.82) is 0 Å². The number of para-hydroxylation sites is 2. The summed E-state index contributed by atoms with van der Waals surface area (Å²) in [4.78, 5) is 37.8. The number of fused-ring (bicyclic) bond motifs is 1. The Balaban J connectivity index is 0.000000320. The molecule has 1 fully saturated rings. The van der Waals surface area contributed by atoms with Gasteiger partial charge in [-0.1, -0.05) is 18.2 Å². The number of carboxylic acids is 2. The fraction of sp³-hybridized carbons (Fsp3) is 0.308. The molecule has 1 aromatic heterocycles. The van der Waals surface area contributed by atoms with Crippen molar-refractivity contribution in [3.63, 3.8) is 0 Å². The van der Waals surface area contributed by atoms with E-state index in [1.807, 2.05) is 24.3 Å². The quantitative estimate of drug-likeness (QED) is 0.453. The second-order valence-corrected chi connectivity index (χ2v) is 8.30. The zero-order valence-corrected chi connectivity index (χ0v) is 20.7. The van der Waals surface area contributed by atoms with Gasteiger partial charge in [-0.05, 0) is 49.2 Å². The van der Waals surface area contributed by atoms with Crippen molar-refractivity contribution in [2.45, 2.75) is 27.3 Å². The number of benzene rings is 2. The molecule has 0 radical (unpaired) electrons. The molecule has 10 nitrogen and oxygen atoms in total. The lowest BCUT2D eigenvalue weighted by Crippen LogP contribution is -2.46. The summed E-state index contributed by atoms with van der Waals surface area (Å²) in [5.74, 6) is -2.03. The van der Waals surface area contributed by atoms with Crippen LogP contribution < -0.4 is 10.6 Å². The first-order valence-corrected chi connectivity index (χ1v) is 11.3. The molecule has 4 rings (SSSR count). The molecule has 1 amide bonds. The van der Waals surface area contributed by atoms with Crippen LogP contribution in [0.5, 0.6) is 0 Å². The smallest absolute Gasteiger partial charge is 0.328 e. The first-order chi connectivity index (χ1) is 17.0. The van der Waals surface area contributed by atoms with Crippen LogP contribution in [-0.2, 0) is 20.9 Å². The Morgan fingerprint density at radius 2 is 1.50 bits per heavy atom. The number of carbonyl (C=O) groups excluding carboxylic acids is 1. The molecule has 4 N–H and O–H groups in total. The highest BCUT2D eigenvalue weighted by atomic mass is 16.4. The standard InChI is InChI=1S/C20H23N3O.C4H4O4.C2H5NO/c1-15-11-16(2)13-17(12-15)23-9-7-22(8-10-23)14-20-21-18-5-3-4-6-19(18)24-20;5-3(6)1-2-4(7)8;1-2(3)4/h3-6,11-13H,7-10,14H2,1-2H3;1-2H,(H,5,6)(H,7,8);1H3,(H2,3,4)/b;2-1-;. The van der Waals surface area contributed by atoms with Gasteiger partial charge in [0.05, 0.1) is 6.54 Å². The number of carboxylic acid groups (broad SMARTS) is 2. The fourth-order valence-corrected chi connectivity index (χ4v) is 3.62. The molecular formula is C26H32N4O6. The van der Waals surface area contributed by atoms with Crippen LogP contribution in [0.25, 0.3) is 11.1 Å². The van der Waals surface area contributed by atoms with Gasteiger partial charge < -0.3 is 25.3 Å². The highest BCUT2D eigenvalue weighted by Gasteiger charge is 2.19. The molecule has 1 saturated heterocycles. The predicted molar refractivity (Wildman–Crippen MR) is 137 cm³/mol. The summed E-state index contributed by atoms with van der Waals surface area (Å²) in [6.07, 6.45) is 1.12. The Morgan fingerprint density at radius 3 is 2.00 bits per heavy atom. The topological polar surface area (TPSA) is 150 Å². The highest BCUT2D eigenvalue weighted by molar-refractivity contribution is 5.89. The van der Waals surface area contributed by atoms with E-state index in [0.717, 1.165) is 49.7 Å². The van der Waals surface area contributed by atoms with Gasteiger partial charge in [0.1, 0.15) is 5.52 Å². The molecule has 36 heavy (non-hydrogen) atoms. The Kier molecular flexibility index (Phi) is 10.6. The molecule has 2 heterocycles. The van der Waals surface area contributed by atoms with Crippen molar-refractivity contribution in [2.24, 2.45) is 5.73 Å². The van der Waals surface area contributed by atoms with E-state index in [0.29, 0.717) is 12.2 Å². The van der Waals surface area contributed by atoms with Crippen LogP contribution in [0.2, 0.25) is 0 Å². The van der Waals surface area contributed by atoms with Crippen LogP contribution in [0.1, 0.15) is 23.9 Å². The van der Waals surface area contributed by atoms with Gasteiger partial charge in [-0.3, -0.25) is 9.69 Å². The van der Waals surface area contributed by atoms with Gasteiger partial charge in [0, 0.05) is 50.9 Å². The van der Waals surface area contributed by atoms with E-state index < -0.39 is 11.9 Å². The van der Waals surface area contributed by atoms with Gasteiger partial charge in [0.15, 0.2) is 5.58 Å². The van der Waals surface area contributed by atoms with Crippen molar-refractivity contribution in [3.8, 4) is 0 Å². The summed E-state index contributed by atoms with van der Waals surface area (Å²) in [6, 6.07) is 14.8. The Labute approximate surface area is 209 Å². The average Bonchev–Trinajstić information content (AvgIpc) is 3.20. The van der Waals surface area contributed by atoms with E-state index in [-0.39, 0.29) is 5.91 Å². The summed E-state index contributed by atoms with van der Waals surface area (Å²) >= 11 is 0.